The van der Waals surface area contributed by atoms with Gasteiger partial charge in [-0.3, -0.25) is 0 Å². The number of nitrogens with one attached hydrogen (secondary N) is 1. The summed E-state index contributed by atoms with van der Waals surface area (Å²) in [7, 11) is 1.73. The lowest BCUT2D eigenvalue weighted by Crippen LogP contribution is -2.21. The topological polar surface area (TPSA) is 21.3 Å². The quantitative estimate of drug-likeness (QED) is 0.706. The molecule has 0 saturated heterocycles. The third-order valence-electron chi connectivity index (χ3n) is 1.98. The van der Waals surface area contributed by atoms with Crippen molar-refractivity contribution in [2.75, 3.05) is 26.8 Å². The van der Waals surface area contributed by atoms with Gasteiger partial charge in [-0.05, 0) is 30.4 Å². The summed E-state index contributed by atoms with van der Waals surface area (Å²) in [5.74, 6) is 0. The molecule has 0 saturated carbocycles. The number of hydrogen-bond donors (Lipinski definition) is 1. The van der Waals surface area contributed by atoms with Crippen molar-refractivity contribution >= 4 is 11.3 Å². The Labute approximate surface area is 83.9 Å². The molecule has 0 aliphatic heterocycles. The van der Waals surface area contributed by atoms with Crippen molar-refractivity contribution in [1.82, 2.24) is 5.32 Å². The van der Waals surface area contributed by atoms with Gasteiger partial charge in [0, 0.05) is 25.1 Å². The molecule has 0 aliphatic rings. The van der Waals surface area contributed by atoms with Crippen LogP contribution >= 0.6 is 11.3 Å². The van der Waals surface area contributed by atoms with Crippen LogP contribution in [0, 0.1) is 6.92 Å². The average molecular weight is 199 g/mol. The van der Waals surface area contributed by atoms with Crippen molar-refractivity contribution in [2.24, 2.45) is 0 Å². The Morgan fingerprint density at radius 1 is 1.46 bits per heavy atom. The summed E-state index contributed by atoms with van der Waals surface area (Å²) in [4.78, 5) is 1.49. The van der Waals surface area contributed by atoms with E-state index in [4.69, 9.17) is 4.74 Å². The number of thiophene rings is 1. The van der Waals surface area contributed by atoms with Gasteiger partial charge >= 0.3 is 0 Å². The summed E-state index contributed by atoms with van der Waals surface area (Å²) in [6.07, 6.45) is 1.13. The number of aryl methyl sites for hydroxylation is 1. The van der Waals surface area contributed by atoms with Gasteiger partial charge in [0.2, 0.25) is 0 Å². The standard InChI is InChI=1S/C10H17NOS/c1-9-4-8-13-10(9)3-5-11-6-7-12-2/h4,8,11H,3,5-7H2,1-2H3. The van der Waals surface area contributed by atoms with E-state index in [2.05, 4.69) is 23.7 Å². The monoisotopic (exact) mass is 199 g/mol. The first kappa shape index (κ1) is 10.7. The average Bonchev–Trinajstić information content (AvgIpc) is 2.52. The molecule has 2 nitrogen and oxygen atoms in total. The van der Waals surface area contributed by atoms with Crippen LogP contribution < -0.4 is 5.32 Å². The van der Waals surface area contributed by atoms with E-state index in [0.717, 1.165) is 26.1 Å². The molecule has 0 amide bonds. The van der Waals surface area contributed by atoms with Crippen molar-refractivity contribution in [3.05, 3.63) is 21.9 Å². The summed E-state index contributed by atoms with van der Waals surface area (Å²) >= 11 is 1.84. The number of ether oxygens (including phenoxy) is 1. The molecule has 1 rings (SSSR count). The molecule has 0 atom stereocenters. The van der Waals surface area contributed by atoms with Gasteiger partial charge in [-0.15, -0.1) is 11.3 Å². The zero-order chi connectivity index (χ0) is 9.52. The fourth-order valence-electron chi connectivity index (χ4n) is 1.16. The van der Waals surface area contributed by atoms with E-state index < -0.39 is 0 Å². The summed E-state index contributed by atoms with van der Waals surface area (Å²) in [5.41, 5.74) is 1.42. The highest BCUT2D eigenvalue weighted by Crippen LogP contribution is 2.15. The molecule has 0 aromatic carbocycles. The zero-order valence-electron chi connectivity index (χ0n) is 8.30. The molecule has 1 heterocycles. The van der Waals surface area contributed by atoms with Gasteiger partial charge in [-0.1, -0.05) is 0 Å². The molecule has 1 aromatic heterocycles. The molecule has 0 fully saturated rings. The molecule has 0 aliphatic carbocycles. The van der Waals surface area contributed by atoms with Crippen molar-refractivity contribution in [2.45, 2.75) is 13.3 Å². The Morgan fingerprint density at radius 2 is 2.31 bits per heavy atom. The summed E-state index contributed by atoms with van der Waals surface area (Å²) in [6, 6.07) is 2.18. The smallest absolute Gasteiger partial charge is 0.0587 e. The molecule has 3 heteroatoms. The lowest BCUT2D eigenvalue weighted by atomic mass is 10.2. The van der Waals surface area contributed by atoms with Crippen LogP contribution in [0.15, 0.2) is 11.4 Å². The Morgan fingerprint density at radius 3 is 2.92 bits per heavy atom. The Balaban J connectivity index is 2.10. The SMILES string of the molecule is COCCNCCc1sccc1C. The van der Waals surface area contributed by atoms with Gasteiger partial charge in [0.05, 0.1) is 6.61 Å². The van der Waals surface area contributed by atoms with Gasteiger partial charge in [0.25, 0.3) is 0 Å². The molecule has 0 bridgehead atoms. The van der Waals surface area contributed by atoms with Crippen LogP contribution in [0.1, 0.15) is 10.4 Å². The van der Waals surface area contributed by atoms with Crippen LogP contribution in [0.3, 0.4) is 0 Å². The molecule has 1 N–H and O–H groups in total. The van der Waals surface area contributed by atoms with Gasteiger partial charge in [0.1, 0.15) is 0 Å². The lowest BCUT2D eigenvalue weighted by molar-refractivity contribution is 0.199. The minimum absolute atomic E-state index is 0.795. The van der Waals surface area contributed by atoms with Crippen LogP contribution in [0.4, 0.5) is 0 Å². The highest BCUT2D eigenvalue weighted by molar-refractivity contribution is 7.10. The molecule has 1 aromatic rings. The van der Waals surface area contributed by atoms with E-state index >= 15 is 0 Å². The first-order chi connectivity index (χ1) is 6.34. The normalized spacial score (nSPS) is 10.6. The Kier molecular flexibility index (Phi) is 5.05. The van der Waals surface area contributed by atoms with Gasteiger partial charge < -0.3 is 10.1 Å². The molecular formula is C10H17NOS. The van der Waals surface area contributed by atoms with Crippen molar-refractivity contribution in [3.8, 4) is 0 Å². The summed E-state index contributed by atoms with van der Waals surface area (Å²) < 4.78 is 4.94. The predicted molar refractivity (Wildman–Crippen MR) is 57.5 cm³/mol. The minimum Gasteiger partial charge on any atom is -0.383 e. The zero-order valence-corrected chi connectivity index (χ0v) is 9.12. The van der Waals surface area contributed by atoms with Gasteiger partial charge in [0.15, 0.2) is 0 Å². The molecule has 0 radical (unpaired) electrons. The molecular weight excluding hydrogens is 182 g/mol. The number of hydrogen-bond acceptors (Lipinski definition) is 3. The van der Waals surface area contributed by atoms with Crippen LogP contribution in [0.5, 0.6) is 0 Å². The molecule has 74 valence electrons. The number of rotatable bonds is 6. The molecule has 13 heavy (non-hydrogen) atoms. The Bertz CT molecular complexity index is 235. The van der Waals surface area contributed by atoms with Crippen LogP contribution in [-0.4, -0.2) is 26.8 Å². The first-order valence-electron chi connectivity index (χ1n) is 4.57. The van der Waals surface area contributed by atoms with Crippen LogP contribution in [0.2, 0.25) is 0 Å². The van der Waals surface area contributed by atoms with E-state index in [-0.39, 0.29) is 0 Å². The van der Waals surface area contributed by atoms with E-state index in [0.29, 0.717) is 0 Å². The van der Waals surface area contributed by atoms with E-state index in [1.54, 1.807) is 7.11 Å². The minimum atomic E-state index is 0.795. The lowest BCUT2D eigenvalue weighted by Gasteiger charge is -2.02. The molecule has 0 unspecified atom stereocenters. The van der Waals surface area contributed by atoms with Crippen molar-refractivity contribution in [3.63, 3.8) is 0 Å². The maximum Gasteiger partial charge on any atom is 0.0587 e. The fourth-order valence-corrected chi connectivity index (χ4v) is 2.07. The van der Waals surface area contributed by atoms with Crippen molar-refractivity contribution in [1.29, 1.82) is 0 Å². The maximum absolute atomic E-state index is 4.94. The van der Waals surface area contributed by atoms with Crippen molar-refractivity contribution < 1.29 is 4.74 Å². The second-order valence-electron chi connectivity index (χ2n) is 3.02. The highest BCUT2D eigenvalue weighted by Gasteiger charge is 1.97. The second kappa shape index (κ2) is 6.13. The predicted octanol–water partition coefficient (Wildman–Crippen LogP) is 1.84. The molecule has 0 spiro atoms. The van der Waals surface area contributed by atoms with Gasteiger partial charge in [-0.2, -0.15) is 0 Å². The Hall–Kier alpha value is -0.380. The fraction of sp³-hybridized carbons (Fsp3) is 0.600. The first-order valence-corrected chi connectivity index (χ1v) is 5.45. The third-order valence-corrected chi connectivity index (χ3v) is 3.06. The summed E-state index contributed by atoms with van der Waals surface area (Å²) in [6.45, 7) is 4.95. The largest absolute Gasteiger partial charge is 0.383 e. The van der Waals surface area contributed by atoms with Gasteiger partial charge in [-0.25, -0.2) is 0 Å². The van der Waals surface area contributed by atoms with Crippen LogP contribution in [-0.2, 0) is 11.2 Å². The third kappa shape index (κ3) is 3.89. The van der Waals surface area contributed by atoms with E-state index in [9.17, 15) is 0 Å². The van der Waals surface area contributed by atoms with E-state index in [1.165, 1.54) is 10.4 Å². The van der Waals surface area contributed by atoms with E-state index in [1.807, 2.05) is 11.3 Å². The number of methoxy groups -OCH3 is 1. The van der Waals surface area contributed by atoms with Crippen LogP contribution in [0.25, 0.3) is 0 Å². The highest BCUT2D eigenvalue weighted by atomic mass is 32.1. The second-order valence-corrected chi connectivity index (χ2v) is 4.02. The maximum atomic E-state index is 4.94. The summed E-state index contributed by atoms with van der Waals surface area (Å²) in [5, 5.41) is 5.49.